The fourth-order valence-electron chi connectivity index (χ4n) is 2.59. The second-order valence-corrected chi connectivity index (χ2v) is 7.32. The zero-order chi connectivity index (χ0) is 14.3. The molecule has 1 aliphatic rings. The first kappa shape index (κ1) is 14.1. The van der Waals surface area contributed by atoms with Gasteiger partial charge in [-0.15, -0.1) is 0 Å². The van der Waals surface area contributed by atoms with Gasteiger partial charge in [-0.1, -0.05) is 47.5 Å². The van der Waals surface area contributed by atoms with Crippen molar-refractivity contribution in [2.75, 3.05) is 0 Å². The number of hydrogen-bond donors (Lipinski definition) is 1. The van der Waals surface area contributed by atoms with E-state index >= 15 is 0 Å². The first-order chi connectivity index (χ1) is 9.58. The lowest BCUT2D eigenvalue weighted by Gasteiger charge is -2.16. The Bertz CT molecular complexity index is 689. The van der Waals surface area contributed by atoms with Crippen LogP contribution in [-0.2, 0) is 17.2 Å². The Morgan fingerprint density at radius 1 is 1.15 bits per heavy atom. The average molecular weight is 326 g/mol. The molecule has 2 N–H and O–H groups in total. The first-order valence-electron chi connectivity index (χ1n) is 6.27. The van der Waals surface area contributed by atoms with Crippen LogP contribution in [0.3, 0.4) is 0 Å². The maximum absolute atomic E-state index is 12.8. The van der Waals surface area contributed by atoms with Crippen LogP contribution in [-0.4, -0.2) is 9.46 Å². The van der Waals surface area contributed by atoms with E-state index < -0.39 is 10.8 Å². The molecule has 2 aromatic carbocycles. The van der Waals surface area contributed by atoms with E-state index in [1.807, 2.05) is 24.3 Å². The molecule has 20 heavy (non-hydrogen) atoms. The van der Waals surface area contributed by atoms with E-state index in [1.54, 1.807) is 18.2 Å². The minimum atomic E-state index is -1.28. The van der Waals surface area contributed by atoms with Crippen molar-refractivity contribution in [2.45, 2.75) is 22.6 Å². The molecule has 104 valence electrons. The fourth-order valence-corrected chi connectivity index (χ4v) is 4.75. The van der Waals surface area contributed by atoms with Crippen LogP contribution in [0.1, 0.15) is 17.2 Å². The normalized spacial score (nSPS) is 22.6. The first-order valence-corrected chi connectivity index (χ1v) is 8.24. The molecular formula is C15H13Cl2NOS. The van der Waals surface area contributed by atoms with E-state index in [4.69, 9.17) is 28.9 Å². The number of halogens is 2. The van der Waals surface area contributed by atoms with E-state index in [-0.39, 0.29) is 11.3 Å². The summed E-state index contributed by atoms with van der Waals surface area (Å²) in [5.74, 6) is 0. The highest BCUT2D eigenvalue weighted by molar-refractivity contribution is 7.85. The summed E-state index contributed by atoms with van der Waals surface area (Å²) in [6.45, 7) is 0. The highest BCUT2D eigenvalue weighted by Gasteiger charge is 2.35. The third-order valence-corrected chi connectivity index (χ3v) is 6.08. The van der Waals surface area contributed by atoms with Gasteiger partial charge in [-0.3, -0.25) is 4.21 Å². The van der Waals surface area contributed by atoms with Gasteiger partial charge < -0.3 is 5.73 Å². The Morgan fingerprint density at radius 2 is 1.90 bits per heavy atom. The smallest absolute Gasteiger partial charge is 0.0628 e. The number of hydrogen-bond acceptors (Lipinski definition) is 2. The van der Waals surface area contributed by atoms with Crippen molar-refractivity contribution >= 4 is 34.0 Å². The predicted molar refractivity (Wildman–Crippen MR) is 83.7 cm³/mol. The Balaban J connectivity index is 1.95. The maximum atomic E-state index is 12.8. The van der Waals surface area contributed by atoms with E-state index in [0.29, 0.717) is 21.4 Å². The largest absolute Gasteiger partial charge is 0.323 e. The molecule has 2 nitrogen and oxygen atoms in total. The van der Waals surface area contributed by atoms with Crippen molar-refractivity contribution in [3.8, 4) is 0 Å². The van der Waals surface area contributed by atoms with Gasteiger partial charge in [-0.2, -0.15) is 0 Å². The third-order valence-electron chi connectivity index (χ3n) is 3.62. The van der Waals surface area contributed by atoms with Crippen LogP contribution in [0.25, 0.3) is 0 Å². The van der Waals surface area contributed by atoms with Gasteiger partial charge in [0.1, 0.15) is 0 Å². The van der Waals surface area contributed by atoms with Crippen LogP contribution in [0.4, 0.5) is 0 Å². The molecule has 0 radical (unpaired) electrons. The molecule has 3 atom stereocenters. The average Bonchev–Trinajstić information content (AvgIpc) is 2.79. The number of benzene rings is 2. The van der Waals surface area contributed by atoms with Gasteiger partial charge in [-0.25, -0.2) is 0 Å². The number of nitrogens with two attached hydrogens (primary N) is 1. The summed E-state index contributed by atoms with van der Waals surface area (Å²) in [4.78, 5) is 0.562. The molecular weight excluding hydrogens is 313 g/mol. The van der Waals surface area contributed by atoms with Gasteiger partial charge in [-0.05, 0) is 35.7 Å². The molecule has 0 saturated carbocycles. The van der Waals surface area contributed by atoms with E-state index in [0.717, 1.165) is 11.1 Å². The third kappa shape index (κ3) is 2.40. The lowest BCUT2D eigenvalue weighted by atomic mass is 10.1. The zero-order valence-corrected chi connectivity index (χ0v) is 12.9. The fraction of sp³-hybridized carbons (Fsp3) is 0.200. The maximum Gasteiger partial charge on any atom is 0.0628 e. The van der Waals surface area contributed by atoms with E-state index in [9.17, 15) is 4.21 Å². The van der Waals surface area contributed by atoms with Crippen LogP contribution in [0.15, 0.2) is 47.4 Å². The summed E-state index contributed by atoms with van der Waals surface area (Å²) in [6.07, 6.45) is 0.701. The van der Waals surface area contributed by atoms with Crippen molar-refractivity contribution in [2.24, 2.45) is 5.73 Å². The summed E-state index contributed by atoms with van der Waals surface area (Å²) in [5.41, 5.74) is 8.48. The Morgan fingerprint density at radius 3 is 2.65 bits per heavy atom. The molecule has 0 heterocycles. The SMILES string of the molecule is NC1c2ccccc2CC1S(=O)c1cc(Cl)ccc1Cl. The minimum Gasteiger partial charge on any atom is -0.323 e. The summed E-state index contributed by atoms with van der Waals surface area (Å²) in [7, 11) is -1.28. The topological polar surface area (TPSA) is 43.1 Å². The van der Waals surface area contributed by atoms with Crippen LogP contribution < -0.4 is 5.73 Å². The molecule has 5 heteroatoms. The molecule has 3 rings (SSSR count). The Hall–Kier alpha value is -0.870. The second kappa shape index (κ2) is 5.49. The van der Waals surface area contributed by atoms with Gasteiger partial charge in [0.05, 0.1) is 26.0 Å². The number of fused-ring (bicyclic) bond motifs is 1. The summed E-state index contributed by atoms with van der Waals surface area (Å²) in [6, 6.07) is 12.7. The van der Waals surface area contributed by atoms with Crippen molar-refractivity contribution < 1.29 is 4.21 Å². The molecule has 0 aliphatic heterocycles. The number of rotatable bonds is 2. The van der Waals surface area contributed by atoms with Crippen LogP contribution in [0, 0.1) is 0 Å². The second-order valence-electron chi connectivity index (χ2n) is 4.84. The Kier molecular flexibility index (Phi) is 3.87. The van der Waals surface area contributed by atoms with E-state index in [1.165, 1.54) is 0 Å². The highest BCUT2D eigenvalue weighted by atomic mass is 35.5. The molecule has 2 aromatic rings. The summed E-state index contributed by atoms with van der Waals surface area (Å²) < 4.78 is 12.8. The zero-order valence-electron chi connectivity index (χ0n) is 10.6. The lowest BCUT2D eigenvalue weighted by Crippen LogP contribution is -2.26. The predicted octanol–water partition coefficient (Wildman–Crippen LogP) is 3.73. The van der Waals surface area contributed by atoms with Gasteiger partial charge in [0, 0.05) is 11.1 Å². The molecule has 0 bridgehead atoms. The standard InChI is InChI=1S/C15H13Cl2NOS/c16-10-5-6-12(17)13(8-10)20(19)14-7-9-3-1-2-4-11(9)15(14)18/h1-6,8,14-15H,7,18H2. The lowest BCUT2D eigenvalue weighted by molar-refractivity contribution is 0.646. The van der Waals surface area contributed by atoms with Gasteiger partial charge in [0.2, 0.25) is 0 Å². The van der Waals surface area contributed by atoms with E-state index in [2.05, 4.69) is 0 Å². The molecule has 0 spiro atoms. The van der Waals surface area contributed by atoms with Gasteiger partial charge >= 0.3 is 0 Å². The molecule has 0 amide bonds. The van der Waals surface area contributed by atoms with Crippen molar-refractivity contribution in [1.82, 2.24) is 0 Å². The quantitative estimate of drug-likeness (QED) is 0.914. The van der Waals surface area contributed by atoms with Crippen molar-refractivity contribution in [3.63, 3.8) is 0 Å². The van der Waals surface area contributed by atoms with Crippen LogP contribution >= 0.6 is 23.2 Å². The van der Waals surface area contributed by atoms with Gasteiger partial charge in [0.15, 0.2) is 0 Å². The molecule has 0 saturated heterocycles. The van der Waals surface area contributed by atoms with Crippen LogP contribution in [0.2, 0.25) is 10.0 Å². The molecule has 0 aromatic heterocycles. The highest BCUT2D eigenvalue weighted by Crippen LogP contribution is 2.36. The molecule has 1 aliphatic carbocycles. The summed E-state index contributed by atoms with van der Waals surface area (Å²) in [5, 5.41) is 0.834. The minimum absolute atomic E-state index is 0.164. The Labute approximate surface area is 130 Å². The van der Waals surface area contributed by atoms with Crippen LogP contribution in [0.5, 0.6) is 0 Å². The van der Waals surface area contributed by atoms with Gasteiger partial charge in [0.25, 0.3) is 0 Å². The van der Waals surface area contributed by atoms with Crippen molar-refractivity contribution in [1.29, 1.82) is 0 Å². The monoisotopic (exact) mass is 325 g/mol. The van der Waals surface area contributed by atoms with Crippen molar-refractivity contribution in [3.05, 3.63) is 63.6 Å². The molecule has 0 fully saturated rings. The molecule has 3 unspecified atom stereocenters. The summed E-state index contributed by atoms with van der Waals surface area (Å²) >= 11 is 12.1.